The molecule has 0 aromatic rings. The third-order valence-corrected chi connectivity index (χ3v) is 2.74. The fourth-order valence-electron chi connectivity index (χ4n) is 0.834. The molecule has 1 aliphatic heterocycles. The van der Waals surface area contributed by atoms with E-state index in [9.17, 15) is 9.00 Å². The van der Waals surface area contributed by atoms with Crippen LogP contribution in [-0.4, -0.2) is 39.4 Å². The van der Waals surface area contributed by atoms with Gasteiger partial charge in [0.05, 0.1) is 0 Å². The van der Waals surface area contributed by atoms with Crippen molar-refractivity contribution >= 4 is 16.8 Å². The summed E-state index contributed by atoms with van der Waals surface area (Å²) < 4.78 is 10.8. The van der Waals surface area contributed by atoms with Crippen LogP contribution in [0.4, 0.5) is 0 Å². The standard InChI is InChI=1S/C5H9NO3S/c7-5(8)4-3-10(9)2-1-6-4/h4,6H,1-3H2,(H,7,8)/t4-,10-/m1/s1. The summed E-state index contributed by atoms with van der Waals surface area (Å²) in [6.07, 6.45) is 0. The summed E-state index contributed by atoms with van der Waals surface area (Å²) in [5.41, 5.74) is 0. The summed E-state index contributed by atoms with van der Waals surface area (Å²) >= 11 is 0. The summed E-state index contributed by atoms with van der Waals surface area (Å²) in [4.78, 5) is 10.3. The highest BCUT2D eigenvalue weighted by atomic mass is 32.2. The topological polar surface area (TPSA) is 66.4 Å². The van der Waals surface area contributed by atoms with E-state index < -0.39 is 22.8 Å². The summed E-state index contributed by atoms with van der Waals surface area (Å²) in [5, 5.41) is 11.2. The molecule has 1 saturated heterocycles. The Bertz CT molecular complexity index is 168. The predicted octanol–water partition coefficient (Wildman–Crippen LogP) is -1.21. The lowest BCUT2D eigenvalue weighted by atomic mass is 10.3. The van der Waals surface area contributed by atoms with E-state index in [0.29, 0.717) is 12.3 Å². The number of rotatable bonds is 1. The molecule has 0 unspecified atom stereocenters. The fourth-order valence-corrected chi connectivity index (χ4v) is 1.98. The maximum Gasteiger partial charge on any atom is 0.321 e. The molecular weight excluding hydrogens is 154 g/mol. The van der Waals surface area contributed by atoms with Crippen molar-refractivity contribution in [2.75, 3.05) is 18.1 Å². The first-order chi connectivity index (χ1) is 4.70. The molecule has 58 valence electrons. The van der Waals surface area contributed by atoms with E-state index in [4.69, 9.17) is 5.11 Å². The largest absolute Gasteiger partial charge is 0.480 e. The van der Waals surface area contributed by atoms with Gasteiger partial charge in [0, 0.05) is 28.9 Å². The van der Waals surface area contributed by atoms with Crippen molar-refractivity contribution in [3.05, 3.63) is 0 Å². The number of nitrogens with one attached hydrogen (secondary N) is 1. The van der Waals surface area contributed by atoms with Crippen LogP contribution in [0.5, 0.6) is 0 Å². The maximum absolute atomic E-state index is 10.8. The van der Waals surface area contributed by atoms with Crippen LogP contribution in [0.3, 0.4) is 0 Å². The Hall–Kier alpha value is -0.420. The molecule has 2 N–H and O–H groups in total. The highest BCUT2D eigenvalue weighted by Gasteiger charge is 2.23. The molecule has 10 heavy (non-hydrogen) atoms. The highest BCUT2D eigenvalue weighted by Crippen LogP contribution is 1.95. The summed E-state index contributed by atoms with van der Waals surface area (Å²) in [7, 11) is -0.934. The van der Waals surface area contributed by atoms with Crippen molar-refractivity contribution in [2.24, 2.45) is 0 Å². The molecule has 4 nitrogen and oxygen atoms in total. The van der Waals surface area contributed by atoms with Crippen molar-refractivity contribution in [1.29, 1.82) is 0 Å². The number of carbonyl (C=O) groups is 1. The molecule has 0 spiro atoms. The Labute approximate surface area is 61.1 Å². The van der Waals surface area contributed by atoms with Gasteiger partial charge in [0.25, 0.3) is 0 Å². The number of hydrogen-bond donors (Lipinski definition) is 2. The Kier molecular flexibility index (Phi) is 2.39. The van der Waals surface area contributed by atoms with Crippen LogP contribution >= 0.6 is 0 Å². The predicted molar refractivity (Wildman–Crippen MR) is 37.3 cm³/mol. The first-order valence-corrected chi connectivity index (χ1v) is 4.50. The first-order valence-electron chi connectivity index (χ1n) is 3.01. The van der Waals surface area contributed by atoms with Crippen molar-refractivity contribution in [3.63, 3.8) is 0 Å². The van der Waals surface area contributed by atoms with Gasteiger partial charge < -0.3 is 10.4 Å². The van der Waals surface area contributed by atoms with Crippen molar-refractivity contribution in [2.45, 2.75) is 6.04 Å². The zero-order valence-corrected chi connectivity index (χ0v) is 6.19. The molecule has 0 saturated carbocycles. The number of hydrogen-bond acceptors (Lipinski definition) is 3. The average molecular weight is 163 g/mol. The molecule has 2 atom stereocenters. The molecule has 0 amide bonds. The van der Waals surface area contributed by atoms with Crippen LogP contribution < -0.4 is 5.32 Å². The van der Waals surface area contributed by atoms with E-state index in [1.54, 1.807) is 0 Å². The molecule has 0 radical (unpaired) electrons. The molecule has 0 aromatic carbocycles. The molecule has 1 aliphatic rings. The molecular formula is C5H9NO3S. The zero-order chi connectivity index (χ0) is 7.56. The molecule has 5 heteroatoms. The smallest absolute Gasteiger partial charge is 0.321 e. The van der Waals surface area contributed by atoms with Crippen LogP contribution in [0.2, 0.25) is 0 Å². The Morgan fingerprint density at radius 1 is 1.70 bits per heavy atom. The van der Waals surface area contributed by atoms with Gasteiger partial charge in [-0.05, 0) is 0 Å². The van der Waals surface area contributed by atoms with Gasteiger partial charge in [0.2, 0.25) is 0 Å². The molecule has 0 aliphatic carbocycles. The molecule has 0 bridgehead atoms. The van der Waals surface area contributed by atoms with Crippen molar-refractivity contribution < 1.29 is 14.1 Å². The van der Waals surface area contributed by atoms with Gasteiger partial charge in [-0.3, -0.25) is 9.00 Å². The van der Waals surface area contributed by atoms with Crippen LogP contribution in [-0.2, 0) is 15.6 Å². The molecule has 0 aromatic heterocycles. The van der Waals surface area contributed by atoms with Gasteiger partial charge in [-0.25, -0.2) is 0 Å². The lowest BCUT2D eigenvalue weighted by molar-refractivity contribution is -0.138. The zero-order valence-electron chi connectivity index (χ0n) is 5.37. The average Bonchev–Trinajstić information content (AvgIpc) is 1.88. The number of aliphatic carboxylic acids is 1. The monoisotopic (exact) mass is 163 g/mol. The normalized spacial score (nSPS) is 33.6. The van der Waals surface area contributed by atoms with E-state index in [2.05, 4.69) is 5.32 Å². The molecule has 1 rings (SSSR count). The van der Waals surface area contributed by atoms with Gasteiger partial charge in [-0.2, -0.15) is 0 Å². The lowest BCUT2D eigenvalue weighted by Crippen LogP contribution is -2.47. The van der Waals surface area contributed by atoms with Crippen LogP contribution in [0.25, 0.3) is 0 Å². The minimum Gasteiger partial charge on any atom is -0.480 e. The molecule has 1 fully saturated rings. The van der Waals surface area contributed by atoms with E-state index in [-0.39, 0.29) is 5.75 Å². The quantitative estimate of drug-likeness (QED) is 0.509. The minimum absolute atomic E-state index is 0.245. The minimum atomic E-state index is -0.934. The fraction of sp³-hybridized carbons (Fsp3) is 0.800. The lowest BCUT2D eigenvalue weighted by Gasteiger charge is -2.18. The second-order valence-corrected chi connectivity index (χ2v) is 3.78. The Morgan fingerprint density at radius 2 is 2.40 bits per heavy atom. The SMILES string of the molecule is O=C(O)[C@H]1C[S@](=O)CCN1. The van der Waals surface area contributed by atoms with Crippen LogP contribution in [0, 0.1) is 0 Å². The summed E-state index contributed by atoms with van der Waals surface area (Å²) in [5.74, 6) is -0.0906. The maximum atomic E-state index is 10.8. The van der Waals surface area contributed by atoms with Crippen molar-refractivity contribution in [3.8, 4) is 0 Å². The van der Waals surface area contributed by atoms with Gasteiger partial charge in [0.1, 0.15) is 6.04 Å². The van der Waals surface area contributed by atoms with Gasteiger partial charge in [-0.1, -0.05) is 0 Å². The first kappa shape index (κ1) is 7.68. The Morgan fingerprint density at radius 3 is 2.80 bits per heavy atom. The second kappa shape index (κ2) is 3.12. The van der Waals surface area contributed by atoms with E-state index >= 15 is 0 Å². The highest BCUT2D eigenvalue weighted by molar-refractivity contribution is 7.85. The summed E-state index contributed by atoms with van der Waals surface area (Å²) in [6, 6.07) is -0.602. The third-order valence-electron chi connectivity index (χ3n) is 1.37. The van der Waals surface area contributed by atoms with Crippen LogP contribution in [0.1, 0.15) is 0 Å². The number of carboxylic acid groups (broad SMARTS) is 1. The van der Waals surface area contributed by atoms with Gasteiger partial charge in [0.15, 0.2) is 0 Å². The van der Waals surface area contributed by atoms with Gasteiger partial charge >= 0.3 is 5.97 Å². The molecule has 1 heterocycles. The van der Waals surface area contributed by atoms with Crippen molar-refractivity contribution in [1.82, 2.24) is 5.32 Å². The second-order valence-electron chi connectivity index (χ2n) is 2.16. The van der Waals surface area contributed by atoms with E-state index in [0.717, 1.165) is 0 Å². The van der Waals surface area contributed by atoms with E-state index in [1.165, 1.54) is 0 Å². The number of carboxylic acids is 1. The third kappa shape index (κ3) is 1.78. The van der Waals surface area contributed by atoms with Gasteiger partial charge in [-0.15, -0.1) is 0 Å². The van der Waals surface area contributed by atoms with Crippen LogP contribution in [0.15, 0.2) is 0 Å². The Balaban J connectivity index is 2.47. The van der Waals surface area contributed by atoms with E-state index in [1.807, 2.05) is 0 Å². The summed E-state index contributed by atoms with van der Waals surface area (Å²) in [6.45, 7) is 0.545.